The molecule has 0 aliphatic carbocycles. The van der Waals surface area contributed by atoms with E-state index in [2.05, 4.69) is 81.3 Å². The third-order valence-corrected chi connectivity index (χ3v) is 4.26. The van der Waals surface area contributed by atoms with Crippen molar-refractivity contribution in [3.63, 3.8) is 0 Å². The number of carbonyl (C=O) groups excluding carboxylic acids is 1. The Hall–Kier alpha value is -2.79. The highest BCUT2D eigenvalue weighted by Crippen LogP contribution is 2.26. The molecule has 0 bridgehead atoms. The minimum absolute atomic E-state index is 0.403. The monoisotopic (exact) mass is 369 g/mol. The van der Waals surface area contributed by atoms with Crippen LogP contribution in [0, 0.1) is 13.8 Å². The van der Waals surface area contributed by atoms with E-state index in [4.69, 9.17) is 9.53 Å². The fourth-order valence-electron chi connectivity index (χ4n) is 2.76. The zero-order valence-corrected chi connectivity index (χ0v) is 16.9. The van der Waals surface area contributed by atoms with Crippen molar-refractivity contribution in [3.05, 3.63) is 64.7 Å². The fourth-order valence-corrected chi connectivity index (χ4v) is 2.76. The molecule has 0 spiro atoms. The fraction of sp³-hybridized carbons (Fsp3) is 0.318. The van der Waals surface area contributed by atoms with Gasteiger partial charge in [0.25, 0.3) is 0 Å². The van der Waals surface area contributed by atoms with Crippen LogP contribution in [0.15, 0.2) is 42.5 Å². The number of aryl methyl sites for hydroxylation is 2. The van der Waals surface area contributed by atoms with E-state index in [1.165, 1.54) is 27.8 Å². The van der Waals surface area contributed by atoms with E-state index in [0.29, 0.717) is 13.0 Å². The molecule has 2 aromatic carbocycles. The lowest BCUT2D eigenvalue weighted by atomic mass is 10.0. The minimum Gasteiger partial charge on any atom is -0.489 e. The van der Waals surface area contributed by atoms with Gasteiger partial charge in [0.1, 0.15) is 12.4 Å². The molecule has 5 nitrogen and oxygen atoms in total. The lowest BCUT2D eigenvalue weighted by molar-refractivity contribution is -0.109. The van der Waals surface area contributed by atoms with Gasteiger partial charge in [-0.05, 0) is 67.7 Å². The van der Waals surface area contributed by atoms with Gasteiger partial charge in [0, 0.05) is 18.3 Å². The maximum absolute atomic E-state index is 8.94. The zero-order valence-electron chi connectivity index (χ0n) is 16.9. The number of nitrogens with two attached hydrogens (primary N) is 1. The highest BCUT2D eigenvalue weighted by atomic mass is 16.5. The van der Waals surface area contributed by atoms with Crippen LogP contribution in [0.2, 0.25) is 0 Å². The largest absolute Gasteiger partial charge is 0.489 e. The van der Waals surface area contributed by atoms with Gasteiger partial charge in [0.05, 0.1) is 0 Å². The number of amides is 1. The second-order valence-electron chi connectivity index (χ2n) is 6.20. The zero-order chi connectivity index (χ0) is 20.2. The number of rotatable bonds is 7. The van der Waals surface area contributed by atoms with Crippen molar-refractivity contribution in [2.24, 2.45) is 5.84 Å². The number of hydrogen-bond donors (Lipinski definition) is 3. The Morgan fingerprint density at radius 2 is 1.89 bits per heavy atom. The maximum Gasteiger partial charge on any atom is 0.221 e. The molecule has 0 fully saturated rings. The van der Waals surface area contributed by atoms with Crippen LogP contribution in [0.3, 0.4) is 0 Å². The van der Waals surface area contributed by atoms with Gasteiger partial charge in [-0.1, -0.05) is 31.2 Å². The molecule has 4 N–H and O–H groups in total. The third kappa shape index (κ3) is 6.79. The van der Waals surface area contributed by atoms with Crippen LogP contribution in [0.25, 0.3) is 5.57 Å². The number of hydrogen-bond acceptors (Lipinski definition) is 4. The number of nitrogens with one attached hydrogen (secondary N) is 2. The van der Waals surface area contributed by atoms with Crippen molar-refractivity contribution in [1.29, 1.82) is 0 Å². The number of hydrazine groups is 1. The van der Waals surface area contributed by atoms with Crippen LogP contribution >= 0.6 is 0 Å². The number of ether oxygens (including phenoxy) is 1. The smallest absolute Gasteiger partial charge is 0.221 e. The summed E-state index contributed by atoms with van der Waals surface area (Å²) in [4.78, 5) is 8.94. The maximum atomic E-state index is 8.94. The van der Waals surface area contributed by atoms with Crippen molar-refractivity contribution in [1.82, 2.24) is 5.43 Å². The molecule has 0 atom stereocenters. The Bertz CT molecular complexity index is 770. The van der Waals surface area contributed by atoms with Gasteiger partial charge < -0.3 is 10.1 Å². The first kappa shape index (κ1) is 22.3. The van der Waals surface area contributed by atoms with Gasteiger partial charge in [-0.3, -0.25) is 10.2 Å². The second-order valence-corrected chi connectivity index (χ2v) is 6.20. The summed E-state index contributed by atoms with van der Waals surface area (Å²) in [6.07, 6.45) is 3.71. The first-order valence-corrected chi connectivity index (χ1v) is 9.05. The number of anilines is 1. The van der Waals surface area contributed by atoms with E-state index in [-0.39, 0.29) is 0 Å². The summed E-state index contributed by atoms with van der Waals surface area (Å²) in [5.74, 6) is 5.36. The van der Waals surface area contributed by atoms with E-state index < -0.39 is 0 Å². The van der Waals surface area contributed by atoms with Gasteiger partial charge in [-0.2, -0.15) is 0 Å². The summed E-state index contributed by atoms with van der Waals surface area (Å²) in [6, 6.07) is 12.7. The molecular formula is C22H31N3O2. The summed E-state index contributed by atoms with van der Waals surface area (Å²) in [5, 5.41) is 3.24. The molecule has 0 saturated heterocycles. The predicted octanol–water partition coefficient (Wildman–Crippen LogP) is 4.34. The predicted molar refractivity (Wildman–Crippen MR) is 114 cm³/mol. The molecule has 0 radical (unpaired) electrons. The van der Waals surface area contributed by atoms with Crippen LogP contribution in [0.1, 0.15) is 42.5 Å². The van der Waals surface area contributed by atoms with E-state index in [1.807, 2.05) is 7.05 Å². The van der Waals surface area contributed by atoms with Crippen molar-refractivity contribution in [2.75, 3.05) is 12.4 Å². The van der Waals surface area contributed by atoms with E-state index >= 15 is 0 Å². The highest BCUT2D eigenvalue weighted by Gasteiger charge is 2.07. The molecule has 2 aromatic rings. The molecule has 1 amide bonds. The van der Waals surface area contributed by atoms with E-state index in [1.54, 1.807) is 5.43 Å². The minimum atomic E-state index is 0.403. The van der Waals surface area contributed by atoms with Gasteiger partial charge in [-0.25, -0.2) is 5.84 Å². The Kier molecular flexibility index (Phi) is 9.69. The first-order chi connectivity index (χ1) is 13.0. The van der Waals surface area contributed by atoms with Gasteiger partial charge >= 0.3 is 0 Å². The molecule has 0 heterocycles. The van der Waals surface area contributed by atoms with Crippen LogP contribution < -0.4 is 21.3 Å². The molecule has 27 heavy (non-hydrogen) atoms. The summed E-state index contributed by atoms with van der Waals surface area (Å²) in [5.41, 5.74) is 9.09. The SMILES string of the molecule is CCC=C(C)c1ccc(OCc2c(C)cccc2NC)c(C)c1.NNC=O. The third-order valence-electron chi connectivity index (χ3n) is 4.26. The quantitative estimate of drug-likeness (QED) is 0.294. The van der Waals surface area contributed by atoms with Crippen LogP contribution in [0.5, 0.6) is 5.75 Å². The molecule has 0 saturated carbocycles. The van der Waals surface area contributed by atoms with Crippen molar-refractivity contribution in [2.45, 2.75) is 40.7 Å². The summed E-state index contributed by atoms with van der Waals surface area (Å²) in [7, 11) is 1.95. The van der Waals surface area contributed by atoms with Crippen molar-refractivity contribution < 1.29 is 9.53 Å². The first-order valence-electron chi connectivity index (χ1n) is 9.05. The van der Waals surface area contributed by atoms with Crippen molar-refractivity contribution >= 4 is 17.7 Å². The van der Waals surface area contributed by atoms with Crippen LogP contribution in [-0.4, -0.2) is 13.5 Å². The van der Waals surface area contributed by atoms with E-state index in [9.17, 15) is 0 Å². The van der Waals surface area contributed by atoms with Crippen LogP contribution in [-0.2, 0) is 11.4 Å². The highest BCUT2D eigenvalue weighted by molar-refractivity contribution is 5.65. The summed E-state index contributed by atoms with van der Waals surface area (Å²) >= 11 is 0. The molecule has 0 aliphatic rings. The standard InChI is InChI=1S/C21H27NO.CH4N2O/c1-6-8-15(2)18-11-12-21(17(4)13-18)23-14-19-16(3)9-7-10-20(19)22-5;2-3-1-4/h7-13,22H,6,14H2,1-5H3;1H,2H2,(H,3,4). The Labute approximate surface area is 162 Å². The average Bonchev–Trinajstić information content (AvgIpc) is 2.68. The molecule has 146 valence electrons. The van der Waals surface area contributed by atoms with Gasteiger partial charge in [0.15, 0.2) is 0 Å². The van der Waals surface area contributed by atoms with Gasteiger partial charge in [0.2, 0.25) is 6.41 Å². The summed E-state index contributed by atoms with van der Waals surface area (Å²) in [6.45, 7) is 9.12. The Balaban J connectivity index is 0.000000828. The second kappa shape index (κ2) is 11.8. The molecule has 0 aromatic heterocycles. The molecule has 0 aliphatic heterocycles. The molecule has 2 rings (SSSR count). The van der Waals surface area contributed by atoms with Crippen LogP contribution in [0.4, 0.5) is 5.69 Å². The molecule has 5 heteroatoms. The summed E-state index contributed by atoms with van der Waals surface area (Å²) < 4.78 is 6.08. The van der Waals surface area contributed by atoms with E-state index in [0.717, 1.165) is 17.9 Å². The molecular weight excluding hydrogens is 338 g/mol. The normalized spacial score (nSPS) is 10.5. The van der Waals surface area contributed by atoms with Gasteiger partial charge in [-0.15, -0.1) is 0 Å². The Morgan fingerprint density at radius 1 is 1.19 bits per heavy atom. The number of allylic oxidation sites excluding steroid dienone is 2. The molecule has 0 unspecified atom stereocenters. The average molecular weight is 370 g/mol. The number of carbonyl (C=O) groups is 1. The lowest BCUT2D eigenvalue weighted by Crippen LogP contribution is -2.18. The Morgan fingerprint density at radius 3 is 2.44 bits per heavy atom. The number of benzene rings is 2. The lowest BCUT2D eigenvalue weighted by Gasteiger charge is -2.15. The van der Waals surface area contributed by atoms with Crippen molar-refractivity contribution in [3.8, 4) is 5.75 Å². The topological polar surface area (TPSA) is 76.4 Å².